The van der Waals surface area contributed by atoms with Gasteiger partial charge in [-0.25, -0.2) is 0 Å². The second kappa shape index (κ2) is 10.7. The predicted octanol–water partition coefficient (Wildman–Crippen LogP) is 2.16. The van der Waals surface area contributed by atoms with E-state index in [0.29, 0.717) is 38.1 Å². The lowest BCUT2D eigenvalue weighted by molar-refractivity contribution is 0.0714. The van der Waals surface area contributed by atoms with Gasteiger partial charge in [0.25, 0.3) is 0 Å². The largest absolute Gasteiger partial charge is 0.382 e. The summed E-state index contributed by atoms with van der Waals surface area (Å²) in [6.45, 7) is 9.27. The Morgan fingerprint density at radius 3 is 2.71 bits per heavy atom. The molecule has 0 aliphatic heterocycles. The standard InChI is InChI=1S/C15H29N3O3/c1-5-8-16-12(3)13(6-2)15-17-14(18-21-15)7-9-20-11-10-19-4/h12-13,16H,5-11H2,1-4H3. The van der Waals surface area contributed by atoms with E-state index in [9.17, 15) is 0 Å². The van der Waals surface area contributed by atoms with Crippen LogP contribution in [0, 0.1) is 0 Å². The van der Waals surface area contributed by atoms with Gasteiger partial charge in [-0.1, -0.05) is 19.0 Å². The molecule has 2 unspecified atom stereocenters. The molecular formula is C15H29N3O3. The lowest BCUT2D eigenvalue weighted by atomic mass is 9.98. The molecule has 0 saturated carbocycles. The minimum absolute atomic E-state index is 0.257. The minimum atomic E-state index is 0.257. The molecule has 0 aliphatic rings. The molecule has 0 saturated heterocycles. The Bertz CT molecular complexity index is 371. The predicted molar refractivity (Wildman–Crippen MR) is 81.5 cm³/mol. The van der Waals surface area contributed by atoms with Gasteiger partial charge >= 0.3 is 0 Å². The number of rotatable bonds is 12. The molecule has 0 aromatic carbocycles. The van der Waals surface area contributed by atoms with E-state index in [1.54, 1.807) is 7.11 Å². The Morgan fingerprint density at radius 2 is 2.05 bits per heavy atom. The fourth-order valence-corrected chi connectivity index (χ4v) is 2.18. The van der Waals surface area contributed by atoms with Crippen LogP contribution in [0.3, 0.4) is 0 Å². The lowest BCUT2D eigenvalue weighted by Crippen LogP contribution is -2.32. The second-order valence-electron chi connectivity index (χ2n) is 5.16. The number of hydrogen-bond donors (Lipinski definition) is 1. The molecule has 0 amide bonds. The number of hydrogen-bond acceptors (Lipinski definition) is 6. The Balaban J connectivity index is 2.43. The summed E-state index contributed by atoms with van der Waals surface area (Å²) in [5.41, 5.74) is 0. The maximum atomic E-state index is 5.42. The first-order valence-electron chi connectivity index (χ1n) is 7.85. The van der Waals surface area contributed by atoms with Crippen molar-refractivity contribution in [3.8, 4) is 0 Å². The second-order valence-corrected chi connectivity index (χ2v) is 5.16. The summed E-state index contributed by atoms with van der Waals surface area (Å²) in [6, 6.07) is 0.334. The van der Waals surface area contributed by atoms with Crippen molar-refractivity contribution in [3.05, 3.63) is 11.7 Å². The van der Waals surface area contributed by atoms with Crippen LogP contribution in [0.1, 0.15) is 51.2 Å². The SMILES string of the molecule is CCCNC(C)C(CC)c1nc(CCOCCOC)no1. The van der Waals surface area contributed by atoms with E-state index in [1.807, 2.05) is 0 Å². The molecule has 6 heteroatoms. The van der Waals surface area contributed by atoms with Gasteiger partial charge < -0.3 is 19.3 Å². The van der Waals surface area contributed by atoms with Crippen LogP contribution < -0.4 is 5.32 Å². The van der Waals surface area contributed by atoms with Crippen LogP contribution in [0.2, 0.25) is 0 Å². The molecule has 2 atom stereocenters. The highest BCUT2D eigenvalue weighted by molar-refractivity contribution is 4.98. The van der Waals surface area contributed by atoms with Crippen molar-refractivity contribution in [3.63, 3.8) is 0 Å². The van der Waals surface area contributed by atoms with Crippen molar-refractivity contribution in [2.45, 2.75) is 52.0 Å². The molecule has 0 fully saturated rings. The number of methoxy groups -OCH3 is 1. The van der Waals surface area contributed by atoms with E-state index in [4.69, 9.17) is 14.0 Å². The van der Waals surface area contributed by atoms with Gasteiger partial charge in [0.2, 0.25) is 5.89 Å². The van der Waals surface area contributed by atoms with E-state index in [0.717, 1.165) is 25.3 Å². The zero-order valence-corrected chi connectivity index (χ0v) is 13.7. The zero-order chi connectivity index (χ0) is 15.5. The highest BCUT2D eigenvalue weighted by atomic mass is 16.5. The lowest BCUT2D eigenvalue weighted by Gasteiger charge is -2.20. The van der Waals surface area contributed by atoms with Gasteiger partial charge in [0, 0.05) is 19.6 Å². The molecule has 1 N–H and O–H groups in total. The summed E-state index contributed by atoms with van der Waals surface area (Å²) < 4.78 is 15.8. The number of nitrogens with zero attached hydrogens (tertiary/aromatic N) is 2. The van der Waals surface area contributed by atoms with Crippen molar-refractivity contribution in [2.24, 2.45) is 0 Å². The summed E-state index contributed by atoms with van der Waals surface area (Å²) in [7, 11) is 1.66. The Hall–Kier alpha value is -0.980. The normalized spacial score (nSPS) is 14.3. The van der Waals surface area contributed by atoms with Gasteiger partial charge in [-0.3, -0.25) is 0 Å². The third-order valence-electron chi connectivity index (χ3n) is 3.46. The summed E-state index contributed by atoms with van der Waals surface area (Å²) in [5, 5.41) is 7.53. The van der Waals surface area contributed by atoms with Crippen molar-refractivity contribution in [1.82, 2.24) is 15.5 Å². The van der Waals surface area contributed by atoms with E-state index < -0.39 is 0 Å². The molecule has 122 valence electrons. The van der Waals surface area contributed by atoms with Crippen LogP contribution in [0.5, 0.6) is 0 Å². The van der Waals surface area contributed by atoms with E-state index >= 15 is 0 Å². The maximum Gasteiger partial charge on any atom is 0.231 e. The average Bonchev–Trinajstić information content (AvgIpc) is 2.94. The topological polar surface area (TPSA) is 69.4 Å². The summed E-state index contributed by atoms with van der Waals surface area (Å²) >= 11 is 0. The average molecular weight is 299 g/mol. The molecule has 6 nitrogen and oxygen atoms in total. The van der Waals surface area contributed by atoms with Gasteiger partial charge in [-0.2, -0.15) is 4.98 Å². The molecule has 1 heterocycles. The van der Waals surface area contributed by atoms with Gasteiger partial charge in [-0.15, -0.1) is 0 Å². The number of nitrogens with one attached hydrogen (secondary N) is 1. The molecule has 0 radical (unpaired) electrons. The van der Waals surface area contributed by atoms with Crippen molar-refractivity contribution in [2.75, 3.05) is 33.5 Å². The monoisotopic (exact) mass is 299 g/mol. The van der Waals surface area contributed by atoms with Crippen LogP contribution in [0.25, 0.3) is 0 Å². The summed E-state index contributed by atoms with van der Waals surface area (Å²) in [6.07, 6.45) is 2.76. The maximum absolute atomic E-state index is 5.42. The van der Waals surface area contributed by atoms with Crippen LogP contribution in [0.15, 0.2) is 4.52 Å². The zero-order valence-electron chi connectivity index (χ0n) is 13.7. The first kappa shape index (κ1) is 18.1. The Kier molecular flexibility index (Phi) is 9.21. The minimum Gasteiger partial charge on any atom is -0.382 e. The number of aromatic nitrogens is 2. The molecule has 1 rings (SSSR count). The fourth-order valence-electron chi connectivity index (χ4n) is 2.18. The molecule has 0 spiro atoms. The fraction of sp³-hybridized carbons (Fsp3) is 0.867. The van der Waals surface area contributed by atoms with E-state index in [-0.39, 0.29) is 5.92 Å². The molecule has 1 aromatic heterocycles. The van der Waals surface area contributed by atoms with Gasteiger partial charge in [0.05, 0.1) is 25.7 Å². The highest BCUT2D eigenvalue weighted by Gasteiger charge is 2.23. The van der Waals surface area contributed by atoms with E-state index in [2.05, 4.69) is 36.2 Å². The smallest absolute Gasteiger partial charge is 0.231 e. The Morgan fingerprint density at radius 1 is 1.24 bits per heavy atom. The first-order chi connectivity index (χ1) is 10.2. The van der Waals surface area contributed by atoms with Gasteiger partial charge in [0.15, 0.2) is 5.82 Å². The van der Waals surface area contributed by atoms with Crippen LogP contribution in [-0.2, 0) is 15.9 Å². The van der Waals surface area contributed by atoms with Crippen LogP contribution >= 0.6 is 0 Å². The van der Waals surface area contributed by atoms with Crippen LogP contribution in [-0.4, -0.2) is 49.7 Å². The molecule has 21 heavy (non-hydrogen) atoms. The van der Waals surface area contributed by atoms with Crippen LogP contribution in [0.4, 0.5) is 0 Å². The first-order valence-corrected chi connectivity index (χ1v) is 7.85. The Labute approximate surface area is 127 Å². The van der Waals surface area contributed by atoms with Gasteiger partial charge in [-0.05, 0) is 26.3 Å². The quantitative estimate of drug-likeness (QED) is 0.596. The van der Waals surface area contributed by atoms with Crippen molar-refractivity contribution < 1.29 is 14.0 Å². The van der Waals surface area contributed by atoms with Crippen molar-refractivity contribution in [1.29, 1.82) is 0 Å². The third-order valence-corrected chi connectivity index (χ3v) is 3.46. The molecular weight excluding hydrogens is 270 g/mol. The molecule has 0 aliphatic carbocycles. The third kappa shape index (κ3) is 6.54. The van der Waals surface area contributed by atoms with E-state index in [1.165, 1.54) is 0 Å². The summed E-state index contributed by atoms with van der Waals surface area (Å²) in [5.74, 6) is 1.69. The van der Waals surface area contributed by atoms with Gasteiger partial charge in [0.1, 0.15) is 0 Å². The van der Waals surface area contributed by atoms with Crippen molar-refractivity contribution >= 4 is 0 Å². The number of ether oxygens (including phenoxy) is 2. The molecule has 1 aromatic rings. The molecule has 0 bridgehead atoms. The highest BCUT2D eigenvalue weighted by Crippen LogP contribution is 2.21. The summed E-state index contributed by atoms with van der Waals surface area (Å²) in [4.78, 5) is 4.50.